The summed E-state index contributed by atoms with van der Waals surface area (Å²) in [6.07, 6.45) is 7.39. The van der Waals surface area contributed by atoms with Gasteiger partial charge in [0.15, 0.2) is 0 Å². The third-order valence-corrected chi connectivity index (χ3v) is 5.60. The monoisotopic (exact) mass is 461 g/mol. The van der Waals surface area contributed by atoms with Crippen LogP contribution in [0.3, 0.4) is 0 Å². The molecular weight excluding hydrogens is 437 g/mol. The Morgan fingerprint density at radius 3 is 2.50 bits per heavy atom. The number of ether oxygens (including phenoxy) is 1. The fourth-order valence-electron chi connectivity index (χ4n) is 3.96. The number of hydrogen-bond donors (Lipinski definition) is 1. The van der Waals surface area contributed by atoms with Gasteiger partial charge < -0.3 is 19.3 Å². The molecule has 34 heavy (non-hydrogen) atoms. The summed E-state index contributed by atoms with van der Waals surface area (Å²) in [7, 11) is 0. The lowest BCUT2D eigenvalue weighted by Gasteiger charge is -2.25. The van der Waals surface area contributed by atoms with E-state index in [1.165, 1.54) is 29.2 Å². The molecule has 0 radical (unpaired) electrons. The number of aromatic nitrogens is 2. The Labute approximate surface area is 196 Å². The highest BCUT2D eigenvalue weighted by Gasteiger charge is 2.45. The number of likely N-dealkylation sites (tertiary alicyclic amines) is 1. The summed E-state index contributed by atoms with van der Waals surface area (Å²) in [5.41, 5.74) is 0.879. The zero-order valence-corrected chi connectivity index (χ0v) is 18.4. The van der Waals surface area contributed by atoms with Crippen molar-refractivity contribution in [2.45, 2.75) is 19.0 Å². The third kappa shape index (κ3) is 4.76. The van der Waals surface area contributed by atoms with Crippen LogP contribution in [0.4, 0.5) is 4.39 Å². The number of carbonyl (C=O) groups is 2. The molecule has 1 N–H and O–H groups in total. The van der Waals surface area contributed by atoms with Gasteiger partial charge in [0.05, 0.1) is 17.9 Å². The van der Waals surface area contributed by atoms with Crippen molar-refractivity contribution in [3.8, 4) is 5.75 Å². The highest BCUT2D eigenvalue weighted by Crippen LogP contribution is 2.40. The molecule has 8 heteroatoms. The highest BCUT2D eigenvalue weighted by atomic mass is 19.1. The van der Waals surface area contributed by atoms with Crippen molar-refractivity contribution in [1.29, 1.82) is 0 Å². The topological polar surface area (TPSA) is 84.7 Å². The van der Waals surface area contributed by atoms with Gasteiger partial charge in [-0.2, -0.15) is 0 Å². The zero-order chi connectivity index (χ0) is 24.1. The van der Waals surface area contributed by atoms with E-state index in [0.29, 0.717) is 37.4 Å². The number of nitrogens with zero attached hydrogens (tertiary/aromatic N) is 3. The first-order chi connectivity index (χ1) is 16.5. The fourth-order valence-corrected chi connectivity index (χ4v) is 3.96. The molecular formula is C26H24FN3O4. The summed E-state index contributed by atoms with van der Waals surface area (Å²) in [6, 6.07) is 11.3. The van der Waals surface area contributed by atoms with Gasteiger partial charge in [0.2, 0.25) is 0 Å². The number of rotatable bonds is 9. The maximum atomic E-state index is 13.4. The molecule has 7 nitrogen and oxygen atoms in total. The number of benzene rings is 2. The van der Waals surface area contributed by atoms with E-state index in [1.54, 1.807) is 42.9 Å². The lowest BCUT2D eigenvalue weighted by Crippen LogP contribution is -2.31. The molecule has 4 rings (SSSR count). The molecule has 0 aliphatic carbocycles. The number of hydrogen-bond acceptors (Lipinski definition) is 5. The Hall–Kier alpha value is -4.20. The largest absolute Gasteiger partial charge is 0.507 e. The van der Waals surface area contributed by atoms with E-state index in [2.05, 4.69) is 11.6 Å². The van der Waals surface area contributed by atoms with Crippen LogP contribution in [-0.2, 0) is 16.1 Å². The quantitative estimate of drug-likeness (QED) is 0.225. The van der Waals surface area contributed by atoms with Gasteiger partial charge in [0.25, 0.3) is 11.7 Å². The van der Waals surface area contributed by atoms with Crippen molar-refractivity contribution in [2.24, 2.45) is 0 Å². The third-order valence-electron chi connectivity index (χ3n) is 5.60. The summed E-state index contributed by atoms with van der Waals surface area (Å²) >= 11 is 0. The smallest absolute Gasteiger partial charge is 0.295 e. The molecule has 0 spiro atoms. The predicted molar refractivity (Wildman–Crippen MR) is 124 cm³/mol. The Bertz CT molecular complexity index is 1200. The van der Waals surface area contributed by atoms with Crippen LogP contribution in [-0.4, -0.2) is 44.4 Å². The molecule has 2 heterocycles. The number of Topliss-reactive ketones (excluding diaryl/α,β-unsaturated/α-hetero) is 1. The molecule has 0 bridgehead atoms. The van der Waals surface area contributed by atoms with Crippen molar-refractivity contribution in [2.75, 3.05) is 13.2 Å². The lowest BCUT2D eigenvalue weighted by molar-refractivity contribution is -0.139. The van der Waals surface area contributed by atoms with Gasteiger partial charge in [-0.1, -0.05) is 24.8 Å². The summed E-state index contributed by atoms with van der Waals surface area (Å²) in [4.78, 5) is 31.5. The molecule has 1 saturated heterocycles. The van der Waals surface area contributed by atoms with Gasteiger partial charge >= 0.3 is 0 Å². The molecule has 2 aromatic carbocycles. The van der Waals surface area contributed by atoms with Crippen LogP contribution in [0.1, 0.15) is 23.6 Å². The van der Waals surface area contributed by atoms with Gasteiger partial charge in [-0.25, -0.2) is 9.37 Å². The summed E-state index contributed by atoms with van der Waals surface area (Å²) in [6.45, 7) is 4.87. The minimum atomic E-state index is -0.790. The van der Waals surface area contributed by atoms with E-state index in [4.69, 9.17) is 4.74 Å². The molecule has 1 aromatic heterocycles. The van der Waals surface area contributed by atoms with Gasteiger partial charge in [-0.3, -0.25) is 9.59 Å². The number of halogens is 1. The first-order valence-corrected chi connectivity index (χ1v) is 10.8. The molecule has 174 valence electrons. The van der Waals surface area contributed by atoms with Crippen LogP contribution in [0.5, 0.6) is 5.75 Å². The second-order valence-electron chi connectivity index (χ2n) is 7.82. The van der Waals surface area contributed by atoms with Gasteiger partial charge in [0, 0.05) is 31.0 Å². The predicted octanol–water partition coefficient (Wildman–Crippen LogP) is 4.10. The minimum Gasteiger partial charge on any atom is -0.507 e. The number of aliphatic hydroxyl groups excluding tert-OH is 1. The molecule has 0 unspecified atom stereocenters. The van der Waals surface area contributed by atoms with E-state index in [-0.39, 0.29) is 16.9 Å². The number of ketones is 1. The van der Waals surface area contributed by atoms with Crippen molar-refractivity contribution >= 4 is 17.4 Å². The minimum absolute atomic E-state index is 0.0287. The summed E-state index contributed by atoms with van der Waals surface area (Å²) in [5.74, 6) is -1.66. The number of amides is 1. The SMILES string of the molecule is C=CCOc1ccc([C@H]2C(=C(O)c3ccc(F)cc3)C(=O)C(=O)N2CCCn2ccnc2)cc1. The molecule has 1 atom stereocenters. The zero-order valence-electron chi connectivity index (χ0n) is 18.4. The first kappa shape index (κ1) is 23.0. The second kappa shape index (κ2) is 10.2. The van der Waals surface area contributed by atoms with Crippen LogP contribution in [0, 0.1) is 5.82 Å². The summed E-state index contributed by atoms with van der Waals surface area (Å²) < 4.78 is 20.8. The first-order valence-electron chi connectivity index (χ1n) is 10.8. The Morgan fingerprint density at radius 1 is 1.12 bits per heavy atom. The lowest BCUT2D eigenvalue weighted by atomic mass is 9.95. The maximum absolute atomic E-state index is 13.4. The standard InChI is InChI=1S/C26H24FN3O4/c1-2-16-34-21-10-6-18(7-11-21)23-22(24(31)19-4-8-20(27)9-5-19)25(32)26(33)30(23)14-3-13-29-15-12-28-17-29/h2,4-12,15,17,23,31H,1,3,13-14,16H2/t23-/m0/s1. The number of aryl methyl sites for hydroxylation is 1. The van der Waals surface area contributed by atoms with E-state index in [0.717, 1.165) is 0 Å². The van der Waals surface area contributed by atoms with Crippen molar-refractivity contribution in [3.05, 3.63) is 102 Å². The van der Waals surface area contributed by atoms with E-state index >= 15 is 0 Å². The average Bonchev–Trinajstić information content (AvgIpc) is 3.45. The van der Waals surface area contributed by atoms with E-state index < -0.39 is 23.5 Å². The molecule has 1 fully saturated rings. The van der Waals surface area contributed by atoms with Crippen LogP contribution in [0.25, 0.3) is 5.76 Å². The Morgan fingerprint density at radius 2 is 1.85 bits per heavy atom. The van der Waals surface area contributed by atoms with Crippen LogP contribution in [0.2, 0.25) is 0 Å². The Kier molecular flexibility index (Phi) is 6.87. The number of aliphatic hydroxyl groups is 1. The molecule has 0 saturated carbocycles. The summed E-state index contributed by atoms with van der Waals surface area (Å²) in [5, 5.41) is 11.0. The van der Waals surface area contributed by atoms with Crippen molar-refractivity contribution < 1.29 is 23.8 Å². The van der Waals surface area contributed by atoms with E-state index in [1.807, 2.05) is 10.8 Å². The second-order valence-corrected chi connectivity index (χ2v) is 7.82. The van der Waals surface area contributed by atoms with Gasteiger partial charge in [0.1, 0.15) is 23.9 Å². The van der Waals surface area contributed by atoms with Gasteiger partial charge in [-0.15, -0.1) is 0 Å². The van der Waals surface area contributed by atoms with Crippen molar-refractivity contribution in [3.63, 3.8) is 0 Å². The van der Waals surface area contributed by atoms with Crippen molar-refractivity contribution in [1.82, 2.24) is 14.5 Å². The number of imidazole rings is 1. The molecule has 1 aliphatic heterocycles. The maximum Gasteiger partial charge on any atom is 0.295 e. The average molecular weight is 461 g/mol. The Balaban J connectivity index is 1.70. The number of carbonyl (C=O) groups excluding carboxylic acids is 2. The molecule has 3 aromatic rings. The van der Waals surface area contributed by atoms with Crippen LogP contribution < -0.4 is 4.74 Å². The van der Waals surface area contributed by atoms with Crippen LogP contribution >= 0.6 is 0 Å². The van der Waals surface area contributed by atoms with E-state index in [9.17, 15) is 19.1 Å². The molecule has 1 amide bonds. The normalized spacial score (nSPS) is 17.2. The fraction of sp³-hybridized carbons (Fsp3) is 0.192. The molecule has 1 aliphatic rings. The van der Waals surface area contributed by atoms with Crippen LogP contribution in [0.15, 0.2) is 85.5 Å². The van der Waals surface area contributed by atoms with Gasteiger partial charge in [-0.05, 0) is 48.4 Å². The highest BCUT2D eigenvalue weighted by molar-refractivity contribution is 6.46.